The Morgan fingerprint density at radius 2 is 2.20 bits per heavy atom. The van der Waals surface area contributed by atoms with E-state index < -0.39 is 5.82 Å². The second kappa shape index (κ2) is 5.19. The van der Waals surface area contributed by atoms with Crippen LogP contribution in [0.4, 0.5) is 4.39 Å². The van der Waals surface area contributed by atoms with Gasteiger partial charge in [0.2, 0.25) is 0 Å². The summed E-state index contributed by atoms with van der Waals surface area (Å²) in [4.78, 5) is 12.1. The van der Waals surface area contributed by atoms with Crippen molar-refractivity contribution < 1.29 is 9.18 Å². The molecule has 1 amide bonds. The summed E-state index contributed by atoms with van der Waals surface area (Å²) in [5, 5.41) is 7.23. The van der Waals surface area contributed by atoms with Crippen LogP contribution in [0.2, 0.25) is 5.02 Å². The van der Waals surface area contributed by atoms with Crippen molar-refractivity contribution in [2.45, 2.75) is 18.3 Å². The fraction of sp³-hybridized carbons (Fsp3) is 0.267. The standard InChI is InChI=1S/C15H13ClFNOS/c16-13-7-11(17)1-2-12(13)14(19)18-9-15(4-5-15)10-3-6-20-8-10/h1-3,6-8H,4-5,9H2,(H,18,19). The van der Waals surface area contributed by atoms with Gasteiger partial charge in [0.05, 0.1) is 10.6 Å². The number of carbonyl (C=O) groups excluding carboxylic acids is 1. The van der Waals surface area contributed by atoms with E-state index in [4.69, 9.17) is 11.6 Å². The van der Waals surface area contributed by atoms with Gasteiger partial charge in [0.25, 0.3) is 5.91 Å². The van der Waals surface area contributed by atoms with Gasteiger partial charge >= 0.3 is 0 Å². The molecule has 1 aliphatic rings. The Morgan fingerprint density at radius 1 is 1.40 bits per heavy atom. The minimum atomic E-state index is -0.441. The second-order valence-corrected chi connectivity index (χ2v) is 6.29. The molecule has 1 fully saturated rings. The molecule has 20 heavy (non-hydrogen) atoms. The molecule has 2 nitrogen and oxygen atoms in total. The Hall–Kier alpha value is -1.39. The first-order valence-corrected chi connectivity index (χ1v) is 7.69. The maximum absolute atomic E-state index is 13.0. The molecule has 0 radical (unpaired) electrons. The van der Waals surface area contributed by atoms with Crippen LogP contribution < -0.4 is 5.32 Å². The van der Waals surface area contributed by atoms with E-state index in [-0.39, 0.29) is 16.3 Å². The van der Waals surface area contributed by atoms with Crippen LogP contribution >= 0.6 is 22.9 Å². The zero-order valence-electron chi connectivity index (χ0n) is 10.7. The van der Waals surface area contributed by atoms with Crippen molar-refractivity contribution in [2.24, 2.45) is 0 Å². The number of rotatable bonds is 4. The normalized spacial score (nSPS) is 15.9. The first-order chi connectivity index (χ1) is 9.61. The minimum Gasteiger partial charge on any atom is -0.351 e. The molecule has 2 aromatic rings. The van der Waals surface area contributed by atoms with E-state index in [1.807, 2.05) is 5.38 Å². The van der Waals surface area contributed by atoms with Crippen LogP contribution in [-0.2, 0) is 5.41 Å². The fourth-order valence-electron chi connectivity index (χ4n) is 2.30. The van der Waals surface area contributed by atoms with Gasteiger partial charge < -0.3 is 5.32 Å². The topological polar surface area (TPSA) is 29.1 Å². The van der Waals surface area contributed by atoms with Gasteiger partial charge in [-0.2, -0.15) is 11.3 Å². The van der Waals surface area contributed by atoms with E-state index in [1.165, 1.54) is 17.7 Å². The minimum absolute atomic E-state index is 0.0855. The number of hydrogen-bond acceptors (Lipinski definition) is 2. The van der Waals surface area contributed by atoms with Crippen molar-refractivity contribution in [3.8, 4) is 0 Å². The van der Waals surface area contributed by atoms with Gasteiger partial charge in [0.1, 0.15) is 5.82 Å². The van der Waals surface area contributed by atoms with E-state index >= 15 is 0 Å². The predicted octanol–water partition coefficient (Wildman–Crippen LogP) is 4.00. The predicted molar refractivity (Wildman–Crippen MR) is 79.0 cm³/mol. The van der Waals surface area contributed by atoms with E-state index in [0.29, 0.717) is 12.1 Å². The van der Waals surface area contributed by atoms with Crippen LogP contribution in [0.1, 0.15) is 28.8 Å². The lowest BCUT2D eigenvalue weighted by molar-refractivity contribution is 0.0950. The number of benzene rings is 1. The summed E-state index contributed by atoms with van der Waals surface area (Å²) in [7, 11) is 0. The highest BCUT2D eigenvalue weighted by atomic mass is 35.5. The number of amides is 1. The van der Waals surface area contributed by atoms with Gasteiger partial charge in [0, 0.05) is 12.0 Å². The molecule has 0 saturated heterocycles. The number of thiophene rings is 1. The summed E-state index contributed by atoms with van der Waals surface area (Å²) >= 11 is 7.56. The largest absolute Gasteiger partial charge is 0.351 e. The van der Waals surface area contributed by atoms with Crippen molar-refractivity contribution in [1.29, 1.82) is 0 Å². The molecule has 0 bridgehead atoms. The molecule has 1 aromatic heterocycles. The smallest absolute Gasteiger partial charge is 0.252 e. The van der Waals surface area contributed by atoms with E-state index in [9.17, 15) is 9.18 Å². The van der Waals surface area contributed by atoms with Gasteiger partial charge in [-0.05, 0) is 53.4 Å². The van der Waals surface area contributed by atoms with Crippen LogP contribution in [-0.4, -0.2) is 12.5 Å². The Morgan fingerprint density at radius 3 is 2.80 bits per heavy atom. The number of carbonyl (C=O) groups is 1. The highest BCUT2D eigenvalue weighted by molar-refractivity contribution is 7.08. The van der Waals surface area contributed by atoms with Crippen LogP contribution in [0.15, 0.2) is 35.0 Å². The Kier molecular flexibility index (Phi) is 3.52. The summed E-state index contributed by atoms with van der Waals surface area (Å²) in [5.41, 5.74) is 1.68. The van der Waals surface area contributed by atoms with E-state index in [2.05, 4.69) is 16.8 Å². The van der Waals surface area contributed by atoms with Crippen molar-refractivity contribution >= 4 is 28.8 Å². The molecule has 0 atom stereocenters. The first-order valence-electron chi connectivity index (χ1n) is 6.37. The van der Waals surface area contributed by atoms with Crippen LogP contribution in [0.5, 0.6) is 0 Å². The summed E-state index contributed by atoms with van der Waals surface area (Å²) in [6.07, 6.45) is 2.17. The molecular formula is C15H13ClFNOS. The molecule has 0 unspecified atom stereocenters. The van der Waals surface area contributed by atoms with Crippen molar-refractivity contribution in [3.05, 3.63) is 57.0 Å². The van der Waals surface area contributed by atoms with E-state index in [1.54, 1.807) is 11.3 Å². The van der Waals surface area contributed by atoms with Crippen molar-refractivity contribution in [1.82, 2.24) is 5.32 Å². The lowest BCUT2D eigenvalue weighted by Gasteiger charge is -2.15. The maximum Gasteiger partial charge on any atom is 0.252 e. The molecule has 1 aliphatic carbocycles. The third-order valence-corrected chi connectivity index (χ3v) is 4.75. The van der Waals surface area contributed by atoms with Gasteiger partial charge in [-0.3, -0.25) is 4.79 Å². The summed E-state index contributed by atoms with van der Waals surface area (Å²) in [6.45, 7) is 0.594. The Labute approximate surface area is 125 Å². The molecule has 1 heterocycles. The molecule has 1 N–H and O–H groups in total. The average molecular weight is 310 g/mol. The molecule has 0 aliphatic heterocycles. The van der Waals surface area contributed by atoms with Gasteiger partial charge in [-0.1, -0.05) is 11.6 Å². The molecular weight excluding hydrogens is 297 g/mol. The summed E-state index contributed by atoms with van der Waals surface area (Å²) in [5.74, 6) is -0.694. The second-order valence-electron chi connectivity index (χ2n) is 5.10. The third kappa shape index (κ3) is 2.58. The zero-order valence-corrected chi connectivity index (χ0v) is 12.2. The number of hydrogen-bond donors (Lipinski definition) is 1. The monoisotopic (exact) mass is 309 g/mol. The molecule has 0 spiro atoms. The highest BCUT2D eigenvalue weighted by Gasteiger charge is 2.44. The molecule has 3 rings (SSSR count). The average Bonchev–Trinajstić information content (AvgIpc) is 2.99. The molecule has 1 saturated carbocycles. The quantitative estimate of drug-likeness (QED) is 0.908. The molecule has 5 heteroatoms. The van der Waals surface area contributed by atoms with Crippen LogP contribution in [0.25, 0.3) is 0 Å². The number of nitrogens with one attached hydrogen (secondary N) is 1. The van der Waals surface area contributed by atoms with E-state index in [0.717, 1.165) is 18.9 Å². The summed E-state index contributed by atoms with van der Waals surface area (Å²) in [6, 6.07) is 5.92. The Balaban J connectivity index is 1.68. The third-order valence-electron chi connectivity index (χ3n) is 3.75. The first kappa shape index (κ1) is 13.6. The molecule has 1 aromatic carbocycles. The highest BCUT2D eigenvalue weighted by Crippen LogP contribution is 2.48. The van der Waals surface area contributed by atoms with Crippen LogP contribution in [0, 0.1) is 5.82 Å². The lowest BCUT2D eigenvalue weighted by Crippen LogP contribution is -2.32. The maximum atomic E-state index is 13.0. The summed E-state index contributed by atoms with van der Waals surface area (Å²) < 4.78 is 13.0. The molecule has 104 valence electrons. The number of halogens is 2. The Bertz CT molecular complexity index is 637. The van der Waals surface area contributed by atoms with Gasteiger partial charge in [-0.25, -0.2) is 4.39 Å². The van der Waals surface area contributed by atoms with Crippen molar-refractivity contribution in [2.75, 3.05) is 6.54 Å². The van der Waals surface area contributed by atoms with Crippen LogP contribution in [0.3, 0.4) is 0 Å². The fourth-order valence-corrected chi connectivity index (χ4v) is 3.33. The van der Waals surface area contributed by atoms with Crippen molar-refractivity contribution in [3.63, 3.8) is 0 Å². The SMILES string of the molecule is O=C(NCC1(c2ccsc2)CC1)c1ccc(F)cc1Cl. The zero-order chi connectivity index (χ0) is 14.2. The van der Waals surface area contributed by atoms with Gasteiger partial charge in [-0.15, -0.1) is 0 Å². The lowest BCUT2D eigenvalue weighted by atomic mass is 9.99. The van der Waals surface area contributed by atoms with Gasteiger partial charge in [0.15, 0.2) is 0 Å².